The summed E-state index contributed by atoms with van der Waals surface area (Å²) in [6.07, 6.45) is 8.81. The van der Waals surface area contributed by atoms with Crippen molar-refractivity contribution in [2.75, 3.05) is 150 Å². The van der Waals surface area contributed by atoms with Gasteiger partial charge in [0, 0.05) is 71.1 Å². The van der Waals surface area contributed by atoms with Crippen molar-refractivity contribution in [2.24, 2.45) is 0 Å². The van der Waals surface area contributed by atoms with E-state index in [4.69, 9.17) is 56.8 Å². The molecule has 6 unspecified atom stereocenters. The molecule has 20 rings (SSSR count). The van der Waals surface area contributed by atoms with Crippen LogP contribution in [0, 0.1) is 0 Å². The fourth-order valence-electron chi connectivity index (χ4n) is 9.67. The Morgan fingerprint density at radius 1 is 0.157 bits per heavy atom. The number of hydrogen-bond acceptors (Lipinski definition) is 14. The molecule has 6 fully saturated rings. The molecule has 0 aromatic heterocycles. The van der Waals surface area contributed by atoms with Gasteiger partial charge in [0.2, 0.25) is 0 Å². The third-order valence-electron chi connectivity index (χ3n) is 15.8. The number of ether oxygens (including phenoxy) is 14. The van der Waals surface area contributed by atoms with Crippen LogP contribution >= 0.6 is 0 Å². The van der Waals surface area contributed by atoms with E-state index in [2.05, 4.69) is 370 Å². The number of hydrogen-bond donors (Lipinski definition) is 0. The first-order valence-corrected chi connectivity index (χ1v) is 47.4. The van der Waals surface area contributed by atoms with E-state index in [1.165, 1.54) is 96.7 Å². The minimum absolute atomic E-state index is 0. The maximum absolute atomic E-state index is 4.82. The van der Waals surface area contributed by atoms with Gasteiger partial charge in [-0.25, -0.2) is 0 Å². The number of benzene rings is 14. The van der Waals surface area contributed by atoms with Gasteiger partial charge in [0.1, 0.15) is 36.6 Å². The third-order valence-corrected chi connectivity index (χ3v) is 15.8. The van der Waals surface area contributed by atoms with Gasteiger partial charge in [-0.15, -0.1) is 0 Å². The van der Waals surface area contributed by atoms with E-state index in [0.29, 0.717) is 36.6 Å². The molecule has 140 heavy (non-hydrogen) atoms. The average Bonchev–Trinajstić information content (AvgIpc) is 1.72. The second-order valence-corrected chi connectivity index (χ2v) is 29.2. The molecule has 14 nitrogen and oxygen atoms in total. The fraction of sp³-hybridized carbons (Fsp3) is 0.429. The molecule has 0 saturated carbocycles. The smallest absolute Gasteiger partial charge is 0.104 e. The monoisotopic (exact) mass is 1940 g/mol. The van der Waals surface area contributed by atoms with E-state index in [0.717, 1.165) is 79.3 Å². The molecule has 0 N–H and O–H groups in total. The highest BCUT2D eigenvalue weighted by Crippen LogP contribution is 2.18. The average molecular weight is 1940 g/mol. The van der Waals surface area contributed by atoms with Crippen molar-refractivity contribution in [1.82, 2.24) is 0 Å². The predicted octanol–water partition coefficient (Wildman–Crippen LogP) is 34.7. The van der Waals surface area contributed by atoms with E-state index >= 15 is 0 Å². The van der Waals surface area contributed by atoms with E-state index in [-0.39, 0.29) is 52.0 Å². The van der Waals surface area contributed by atoms with Crippen LogP contribution in [-0.4, -0.2) is 187 Å². The van der Waals surface area contributed by atoms with Crippen LogP contribution in [0.4, 0.5) is 0 Å². The first kappa shape index (κ1) is 150. The van der Waals surface area contributed by atoms with Crippen molar-refractivity contribution in [3.63, 3.8) is 0 Å². The van der Waals surface area contributed by atoms with Gasteiger partial charge in [-0.2, -0.15) is 0 Å². The number of epoxide rings is 6. The summed E-state index contributed by atoms with van der Waals surface area (Å²) in [5.74, 6) is 0. The molecule has 0 spiro atoms. The lowest BCUT2D eigenvalue weighted by molar-refractivity contribution is 0.171. The molecular formula is C126H200O14. The highest BCUT2D eigenvalue weighted by Gasteiger charge is 2.24. The Labute approximate surface area is 857 Å². The maximum atomic E-state index is 4.82. The molecule has 0 aliphatic carbocycles. The predicted molar refractivity (Wildman–Crippen MR) is 622 cm³/mol. The highest BCUT2D eigenvalue weighted by molar-refractivity contribution is 5.85. The summed E-state index contributed by atoms with van der Waals surface area (Å²) < 4.78 is 65.9. The van der Waals surface area contributed by atoms with Crippen LogP contribution in [0.15, 0.2) is 364 Å². The molecule has 0 radical (unpaired) electrons. The quantitative estimate of drug-likeness (QED) is 0.107. The van der Waals surface area contributed by atoms with Gasteiger partial charge >= 0.3 is 0 Å². The Morgan fingerprint density at radius 2 is 0.214 bits per heavy atom. The van der Waals surface area contributed by atoms with Gasteiger partial charge in [-0.3, -0.25) is 0 Å². The Morgan fingerprint density at radius 3 is 0.250 bits per heavy atom. The molecule has 14 heteroatoms. The van der Waals surface area contributed by atoms with Crippen LogP contribution in [0.5, 0.6) is 0 Å². The highest BCUT2D eigenvalue weighted by atomic mass is 16.6. The van der Waals surface area contributed by atoms with Crippen LogP contribution in [0.3, 0.4) is 0 Å². The summed E-state index contributed by atoms with van der Waals surface area (Å²) in [5.41, 5.74) is 0. The maximum Gasteiger partial charge on any atom is 0.104 e. The van der Waals surface area contributed by atoms with Crippen molar-refractivity contribution in [2.45, 2.75) is 218 Å². The largest absolute Gasteiger partial charge is 0.388 e. The van der Waals surface area contributed by atoms with Gasteiger partial charge in [0.25, 0.3) is 0 Å². The lowest BCUT2D eigenvalue weighted by atomic mass is 10.1. The van der Waals surface area contributed by atoms with E-state index in [9.17, 15) is 0 Å². The van der Waals surface area contributed by atoms with Gasteiger partial charge < -0.3 is 66.3 Å². The first-order chi connectivity index (χ1) is 65.3. The van der Waals surface area contributed by atoms with Crippen LogP contribution < -0.4 is 0 Å². The molecule has 788 valence electrons. The second-order valence-electron chi connectivity index (χ2n) is 29.2. The van der Waals surface area contributed by atoms with Crippen molar-refractivity contribution in [1.29, 1.82) is 0 Å². The molecule has 6 saturated heterocycles. The van der Waals surface area contributed by atoms with Crippen LogP contribution in [0.2, 0.25) is 0 Å². The molecule has 6 heterocycles. The van der Waals surface area contributed by atoms with Crippen LogP contribution in [0.25, 0.3) is 64.6 Å². The normalized spacial score (nSPS) is 13.8. The standard InChI is InChI=1S/6C10H8.2C6H6.6C4H8O2.5C3H8.2C2H6O.2C2H6.7CH4/c6*1-2-6-10-8-4-3-7-9(10)5-1;2*1-2-4-6-5-3-1;6*1-5-2-4-3-6-4;7*1-3-2;2*1-2;;;;;;;/h6*1-8H;2*1-6H;6*4H,2-3H2,1H3;5*3H2,1-2H3;2*1-2H3;2*1-2H3;7*1H4. The molecule has 6 atom stereocenters. The van der Waals surface area contributed by atoms with Gasteiger partial charge in [0.15, 0.2) is 0 Å². The molecule has 14 aromatic rings. The van der Waals surface area contributed by atoms with E-state index in [1.807, 2.05) is 100 Å². The molecule has 6 aliphatic heterocycles. The lowest BCUT2D eigenvalue weighted by Gasteiger charge is -1.92. The number of rotatable bonds is 12. The number of fused-ring (bicyclic) bond motifs is 6. The van der Waals surface area contributed by atoms with Crippen molar-refractivity contribution in [3.8, 4) is 0 Å². The Kier molecular flexibility index (Phi) is 125. The lowest BCUT2D eigenvalue weighted by Crippen LogP contribution is -1.94. The zero-order chi connectivity index (χ0) is 98.7. The summed E-state index contributed by atoms with van der Waals surface area (Å²) in [4.78, 5) is 0. The Balaban J connectivity index is -0.000000160. The zero-order valence-electron chi connectivity index (χ0n) is 85.8. The first-order valence-electron chi connectivity index (χ1n) is 47.4. The summed E-state index contributed by atoms with van der Waals surface area (Å²) in [6.45, 7) is 39.2. The van der Waals surface area contributed by atoms with Crippen molar-refractivity contribution in [3.05, 3.63) is 364 Å². The molecule has 0 amide bonds. The summed E-state index contributed by atoms with van der Waals surface area (Å²) >= 11 is 0. The van der Waals surface area contributed by atoms with Crippen molar-refractivity contribution < 1.29 is 66.3 Å². The topological polar surface area (TPSA) is 149 Å². The van der Waals surface area contributed by atoms with Gasteiger partial charge in [-0.1, -0.05) is 545 Å². The SMILES string of the molecule is C.C.C.C.C.C.C.CC.CC.CCC.CCC.CCC.CCC.CCC.COC.COC.COCC1CO1.COCC1CO1.COCC1CO1.COCC1CO1.COCC1CO1.COCC1CO1.c1ccc2ccccc2c1.c1ccc2ccccc2c1.c1ccc2ccccc2c1.c1ccc2ccccc2c1.c1ccc2ccccc2c1.c1ccc2ccccc2c1.c1ccccc1.c1ccccc1. The van der Waals surface area contributed by atoms with E-state index < -0.39 is 0 Å². The third kappa shape index (κ3) is 96.9. The van der Waals surface area contributed by atoms with E-state index in [1.54, 1.807) is 71.1 Å². The molecule has 0 bridgehead atoms. The molecule has 6 aliphatic rings. The second kappa shape index (κ2) is 116. The van der Waals surface area contributed by atoms with Crippen LogP contribution in [-0.2, 0) is 66.3 Å². The minimum Gasteiger partial charge on any atom is -0.388 e. The molecule has 14 aromatic carbocycles. The number of methoxy groups -OCH3 is 8. The minimum atomic E-state index is 0. The summed E-state index contributed by atoms with van der Waals surface area (Å²) in [5, 5.41) is 15.7. The van der Waals surface area contributed by atoms with Crippen molar-refractivity contribution >= 4 is 64.6 Å². The summed E-state index contributed by atoms with van der Waals surface area (Å²) in [7, 11) is 16.6. The Hall–Kier alpha value is -9.92. The Bertz CT molecular complexity index is 3470. The molecular weight excluding hydrogens is 1740 g/mol. The van der Waals surface area contributed by atoms with Crippen LogP contribution in [0.1, 0.15) is 181 Å². The fourth-order valence-corrected chi connectivity index (χ4v) is 9.67. The zero-order valence-corrected chi connectivity index (χ0v) is 85.8. The summed E-state index contributed by atoms with van der Waals surface area (Å²) in [6, 6.07) is 124. The van der Waals surface area contributed by atoms with Gasteiger partial charge in [-0.05, 0) is 64.6 Å². The van der Waals surface area contributed by atoms with Gasteiger partial charge in [0.05, 0.1) is 79.3 Å².